The second kappa shape index (κ2) is 6.72. The van der Waals surface area contributed by atoms with Crippen LogP contribution in [-0.4, -0.2) is 16.3 Å². The average Bonchev–Trinajstić information content (AvgIpc) is 2.54. The van der Waals surface area contributed by atoms with Gasteiger partial charge in [0.2, 0.25) is 5.88 Å². The Hall–Kier alpha value is -2.61. The highest BCUT2D eigenvalue weighted by Crippen LogP contribution is 2.35. The number of fused-ring (bicyclic) bond motifs is 1. The van der Waals surface area contributed by atoms with Gasteiger partial charge in [-0.25, -0.2) is 22.5 Å². The minimum absolute atomic E-state index is 0.110. The predicted molar refractivity (Wildman–Crippen MR) is 87.1 cm³/mol. The smallest absolute Gasteiger partial charge is 0.221 e. The van der Waals surface area contributed by atoms with Gasteiger partial charge in [0.05, 0.1) is 5.56 Å². The zero-order chi connectivity index (χ0) is 18.1. The molecule has 8 heteroatoms. The van der Waals surface area contributed by atoms with E-state index in [1.54, 1.807) is 0 Å². The zero-order valence-electron chi connectivity index (χ0n) is 12.5. The molecule has 0 fully saturated rings. The fourth-order valence-corrected chi connectivity index (χ4v) is 3.40. The molecular weight excluding hydrogens is 356 g/mol. The molecule has 3 rings (SSSR count). The van der Waals surface area contributed by atoms with Crippen LogP contribution in [0.5, 0.6) is 5.88 Å². The van der Waals surface area contributed by atoms with Crippen molar-refractivity contribution in [2.24, 2.45) is 0 Å². The molecule has 1 heterocycles. The summed E-state index contributed by atoms with van der Waals surface area (Å²) in [6, 6.07) is 4.85. The first-order chi connectivity index (χ1) is 11.9. The third kappa shape index (κ3) is 3.30. The van der Waals surface area contributed by atoms with Crippen LogP contribution in [-0.2, 0) is 5.75 Å². The first-order valence-corrected chi connectivity index (χ1v) is 7.98. The van der Waals surface area contributed by atoms with Gasteiger partial charge >= 0.3 is 0 Å². The van der Waals surface area contributed by atoms with E-state index in [1.165, 1.54) is 12.1 Å². The van der Waals surface area contributed by atoms with Crippen LogP contribution in [0.15, 0.2) is 35.4 Å². The lowest BCUT2D eigenvalue weighted by molar-refractivity contribution is 0.449. The fraction of sp³-hybridized carbons (Fsp3) is 0.0588. The summed E-state index contributed by atoms with van der Waals surface area (Å²) in [6.07, 6.45) is 0.885. The van der Waals surface area contributed by atoms with Crippen molar-refractivity contribution >= 4 is 28.7 Å². The van der Waals surface area contributed by atoms with Crippen LogP contribution in [0.25, 0.3) is 10.8 Å². The van der Waals surface area contributed by atoms with E-state index < -0.39 is 29.1 Å². The SMILES string of the molecule is N=Cc1c(O)nc(SCc2c(F)cc(F)cc2F)c2cc(F)ccc12. The number of halogens is 4. The van der Waals surface area contributed by atoms with Crippen LogP contribution in [0.1, 0.15) is 11.1 Å². The molecule has 0 radical (unpaired) electrons. The molecule has 1 aromatic heterocycles. The number of benzene rings is 2. The monoisotopic (exact) mass is 366 g/mol. The maximum absolute atomic E-state index is 13.7. The minimum Gasteiger partial charge on any atom is -0.493 e. The van der Waals surface area contributed by atoms with E-state index in [9.17, 15) is 22.7 Å². The van der Waals surface area contributed by atoms with Crippen LogP contribution in [0.2, 0.25) is 0 Å². The van der Waals surface area contributed by atoms with Crippen molar-refractivity contribution in [1.29, 1.82) is 5.41 Å². The fourth-order valence-electron chi connectivity index (χ4n) is 2.37. The molecule has 2 N–H and O–H groups in total. The maximum atomic E-state index is 13.7. The molecule has 0 aliphatic rings. The summed E-state index contributed by atoms with van der Waals surface area (Å²) in [5, 5.41) is 18.1. The predicted octanol–water partition coefficient (Wildman–Crippen LogP) is 4.79. The molecule has 0 saturated heterocycles. The second-order valence-electron chi connectivity index (χ2n) is 5.13. The lowest BCUT2D eigenvalue weighted by Gasteiger charge is -2.10. The first-order valence-electron chi connectivity index (χ1n) is 6.99. The lowest BCUT2D eigenvalue weighted by Crippen LogP contribution is -1.97. The van der Waals surface area contributed by atoms with Crippen LogP contribution in [0.3, 0.4) is 0 Å². The van der Waals surface area contributed by atoms with Crippen molar-refractivity contribution < 1.29 is 22.7 Å². The number of aromatic nitrogens is 1. The Labute approximate surface area is 143 Å². The zero-order valence-corrected chi connectivity index (χ0v) is 13.3. The van der Waals surface area contributed by atoms with Crippen LogP contribution < -0.4 is 0 Å². The molecule has 0 bridgehead atoms. The Morgan fingerprint density at radius 2 is 1.68 bits per heavy atom. The minimum atomic E-state index is -1.04. The van der Waals surface area contributed by atoms with Gasteiger partial charge in [0, 0.05) is 35.0 Å². The van der Waals surface area contributed by atoms with Gasteiger partial charge in [-0.1, -0.05) is 6.07 Å². The van der Waals surface area contributed by atoms with Gasteiger partial charge in [0.15, 0.2) is 0 Å². The Morgan fingerprint density at radius 1 is 1.00 bits per heavy atom. The number of nitrogens with zero attached hydrogens (tertiary/aromatic N) is 1. The highest BCUT2D eigenvalue weighted by Gasteiger charge is 2.16. The molecule has 3 aromatic rings. The molecular formula is C17H10F4N2OS. The number of aromatic hydroxyl groups is 1. The van der Waals surface area contributed by atoms with Gasteiger partial charge < -0.3 is 10.5 Å². The van der Waals surface area contributed by atoms with E-state index in [0.717, 1.165) is 24.0 Å². The number of thioether (sulfide) groups is 1. The molecule has 3 nitrogen and oxygen atoms in total. The summed E-state index contributed by atoms with van der Waals surface area (Å²) < 4.78 is 54.0. The maximum Gasteiger partial charge on any atom is 0.221 e. The molecule has 0 amide bonds. The topological polar surface area (TPSA) is 57.0 Å². The molecule has 2 aromatic carbocycles. The average molecular weight is 366 g/mol. The third-order valence-corrected chi connectivity index (χ3v) is 4.57. The van der Waals surface area contributed by atoms with Crippen molar-refractivity contribution in [2.45, 2.75) is 10.8 Å². The lowest BCUT2D eigenvalue weighted by atomic mass is 10.1. The molecule has 0 spiro atoms. The first kappa shape index (κ1) is 17.2. The van der Waals surface area contributed by atoms with Crippen molar-refractivity contribution in [2.75, 3.05) is 0 Å². The second-order valence-corrected chi connectivity index (χ2v) is 6.09. The summed E-state index contributed by atoms with van der Waals surface area (Å²) in [6.45, 7) is 0. The summed E-state index contributed by atoms with van der Waals surface area (Å²) in [4.78, 5) is 3.89. The normalized spacial score (nSPS) is 11.0. The van der Waals surface area contributed by atoms with Crippen molar-refractivity contribution in [1.82, 2.24) is 4.98 Å². The summed E-state index contributed by atoms with van der Waals surface area (Å²) >= 11 is 0.864. The van der Waals surface area contributed by atoms with E-state index in [4.69, 9.17) is 5.41 Å². The van der Waals surface area contributed by atoms with Gasteiger partial charge in [-0.15, -0.1) is 11.8 Å². The number of hydrogen-bond acceptors (Lipinski definition) is 4. The van der Waals surface area contributed by atoms with E-state index >= 15 is 0 Å². The van der Waals surface area contributed by atoms with Crippen molar-refractivity contribution in [3.63, 3.8) is 0 Å². The van der Waals surface area contributed by atoms with Gasteiger partial charge in [0.1, 0.15) is 28.3 Å². The quantitative estimate of drug-likeness (QED) is 0.397. The van der Waals surface area contributed by atoms with Gasteiger partial charge in [-0.3, -0.25) is 0 Å². The van der Waals surface area contributed by atoms with Crippen LogP contribution in [0, 0.1) is 28.7 Å². The number of rotatable bonds is 4. The molecule has 0 aliphatic carbocycles. The van der Waals surface area contributed by atoms with Crippen LogP contribution in [0.4, 0.5) is 17.6 Å². The molecule has 0 saturated carbocycles. The Morgan fingerprint density at radius 3 is 2.32 bits per heavy atom. The van der Waals surface area contributed by atoms with Gasteiger partial charge in [-0.05, 0) is 17.5 Å². The van der Waals surface area contributed by atoms with Gasteiger partial charge in [0.25, 0.3) is 0 Å². The van der Waals surface area contributed by atoms with E-state index in [2.05, 4.69) is 4.98 Å². The molecule has 0 unspecified atom stereocenters. The Bertz CT molecular complexity index is 971. The molecule has 128 valence electrons. The summed E-state index contributed by atoms with van der Waals surface area (Å²) in [5.41, 5.74) is -0.244. The summed E-state index contributed by atoms with van der Waals surface area (Å²) in [5.74, 6) is -4.35. The van der Waals surface area contributed by atoms with Crippen molar-refractivity contribution in [3.8, 4) is 5.88 Å². The highest BCUT2D eigenvalue weighted by atomic mass is 32.2. The van der Waals surface area contributed by atoms with Gasteiger partial charge in [-0.2, -0.15) is 0 Å². The Balaban J connectivity index is 2.05. The van der Waals surface area contributed by atoms with E-state index in [0.29, 0.717) is 22.9 Å². The standard InChI is InChI=1S/C17H10F4N2OS/c18-8-1-2-10-11(3-8)17(23-16(24)12(10)6-22)25-7-13-14(20)4-9(19)5-15(13)21/h1-6,22H,7H2,(H,23,24). The number of hydrogen-bond donors (Lipinski definition) is 2. The molecule has 0 aliphatic heterocycles. The van der Waals surface area contributed by atoms with Crippen LogP contribution >= 0.6 is 11.8 Å². The van der Waals surface area contributed by atoms with E-state index in [-0.39, 0.29) is 21.9 Å². The highest BCUT2D eigenvalue weighted by molar-refractivity contribution is 7.98. The summed E-state index contributed by atoms with van der Waals surface area (Å²) in [7, 11) is 0. The third-order valence-electron chi connectivity index (χ3n) is 3.55. The number of pyridine rings is 1. The van der Waals surface area contributed by atoms with Crippen molar-refractivity contribution in [3.05, 3.63) is 64.7 Å². The van der Waals surface area contributed by atoms with E-state index in [1.807, 2.05) is 0 Å². The molecule has 25 heavy (non-hydrogen) atoms. The molecule has 0 atom stereocenters. The number of nitrogens with one attached hydrogen (secondary N) is 1. The largest absolute Gasteiger partial charge is 0.493 e. The Kier molecular flexibility index (Phi) is 4.63.